The number of carbonyl (C=O) groups is 3. The fourth-order valence-electron chi connectivity index (χ4n) is 1.52. The summed E-state index contributed by atoms with van der Waals surface area (Å²) in [4.78, 5) is 33.4. The number of aromatic carboxylic acids is 2. The second-order valence-corrected chi connectivity index (χ2v) is 4.02. The zero-order chi connectivity index (χ0) is 14.4. The molecule has 6 heteroatoms. The Kier molecular flexibility index (Phi) is 5.05. The maximum atomic E-state index is 11.6. The quantitative estimate of drug-likeness (QED) is 0.731. The van der Waals surface area contributed by atoms with Crippen LogP contribution in [0, 0.1) is 0 Å². The monoisotopic (exact) mass is 265 g/mol. The molecule has 6 nitrogen and oxygen atoms in total. The Balaban J connectivity index is 3.01. The van der Waals surface area contributed by atoms with Crippen LogP contribution < -0.4 is 5.32 Å². The second kappa shape index (κ2) is 6.53. The van der Waals surface area contributed by atoms with Gasteiger partial charge in [-0.05, 0) is 24.6 Å². The van der Waals surface area contributed by atoms with E-state index in [4.69, 9.17) is 10.2 Å². The summed E-state index contributed by atoms with van der Waals surface area (Å²) >= 11 is 0. The van der Waals surface area contributed by atoms with Gasteiger partial charge in [0, 0.05) is 6.42 Å². The fourth-order valence-corrected chi connectivity index (χ4v) is 1.52. The van der Waals surface area contributed by atoms with Crippen LogP contribution in [0.25, 0.3) is 0 Å². The van der Waals surface area contributed by atoms with Crippen molar-refractivity contribution in [2.45, 2.75) is 26.2 Å². The van der Waals surface area contributed by atoms with Gasteiger partial charge in [0.05, 0.1) is 16.8 Å². The number of rotatable bonds is 6. The molecule has 0 aromatic heterocycles. The smallest absolute Gasteiger partial charge is 0.337 e. The van der Waals surface area contributed by atoms with Gasteiger partial charge in [0.25, 0.3) is 0 Å². The van der Waals surface area contributed by atoms with E-state index in [0.29, 0.717) is 6.42 Å². The van der Waals surface area contributed by atoms with Gasteiger partial charge in [-0.15, -0.1) is 0 Å². The molecule has 0 saturated carbocycles. The van der Waals surface area contributed by atoms with Crippen LogP contribution in [-0.2, 0) is 4.79 Å². The Labute approximate surface area is 110 Å². The van der Waals surface area contributed by atoms with Crippen molar-refractivity contribution >= 4 is 23.5 Å². The highest BCUT2D eigenvalue weighted by atomic mass is 16.4. The van der Waals surface area contributed by atoms with Gasteiger partial charge >= 0.3 is 11.9 Å². The maximum Gasteiger partial charge on any atom is 0.337 e. The summed E-state index contributed by atoms with van der Waals surface area (Å²) in [6, 6.07) is 3.50. The topological polar surface area (TPSA) is 104 Å². The molecule has 1 rings (SSSR count). The van der Waals surface area contributed by atoms with E-state index in [1.54, 1.807) is 0 Å². The van der Waals surface area contributed by atoms with Crippen molar-refractivity contribution in [3.8, 4) is 0 Å². The van der Waals surface area contributed by atoms with Crippen LogP contribution in [0.4, 0.5) is 5.69 Å². The molecule has 0 spiro atoms. The van der Waals surface area contributed by atoms with Crippen molar-refractivity contribution in [1.29, 1.82) is 0 Å². The van der Waals surface area contributed by atoms with Crippen molar-refractivity contribution in [3.05, 3.63) is 29.3 Å². The third kappa shape index (κ3) is 4.09. The number of carboxylic acid groups (broad SMARTS) is 2. The average Bonchev–Trinajstić information content (AvgIpc) is 2.35. The fraction of sp³-hybridized carbons (Fsp3) is 0.308. The zero-order valence-corrected chi connectivity index (χ0v) is 10.5. The zero-order valence-electron chi connectivity index (χ0n) is 10.5. The molecule has 0 aliphatic carbocycles. The lowest BCUT2D eigenvalue weighted by atomic mass is 10.1. The van der Waals surface area contributed by atoms with Gasteiger partial charge in [-0.1, -0.05) is 13.3 Å². The first kappa shape index (κ1) is 14.7. The number of unbranched alkanes of at least 4 members (excludes halogenated alkanes) is 1. The van der Waals surface area contributed by atoms with Gasteiger partial charge in [0.2, 0.25) is 5.91 Å². The van der Waals surface area contributed by atoms with Crippen LogP contribution in [-0.4, -0.2) is 28.1 Å². The van der Waals surface area contributed by atoms with Crippen LogP contribution in [0.2, 0.25) is 0 Å². The number of amides is 1. The molecule has 0 fully saturated rings. The molecular weight excluding hydrogens is 250 g/mol. The highest BCUT2D eigenvalue weighted by molar-refractivity contribution is 6.02. The summed E-state index contributed by atoms with van der Waals surface area (Å²) in [7, 11) is 0. The van der Waals surface area contributed by atoms with E-state index in [2.05, 4.69) is 5.32 Å². The number of benzene rings is 1. The van der Waals surface area contributed by atoms with E-state index in [-0.39, 0.29) is 29.1 Å². The standard InChI is InChI=1S/C13H15NO5/c1-2-3-4-11(15)14-10-7-8(12(16)17)5-6-9(10)13(18)19/h5-7H,2-4H2,1H3,(H,14,15)(H,16,17)(H,18,19). The molecule has 0 bridgehead atoms. The summed E-state index contributed by atoms with van der Waals surface area (Å²) < 4.78 is 0. The Morgan fingerprint density at radius 1 is 1.16 bits per heavy atom. The van der Waals surface area contributed by atoms with Gasteiger partial charge in [0.15, 0.2) is 0 Å². The molecule has 0 aliphatic rings. The van der Waals surface area contributed by atoms with Crippen LogP contribution in [0.1, 0.15) is 46.9 Å². The van der Waals surface area contributed by atoms with Crippen LogP contribution in [0.5, 0.6) is 0 Å². The molecule has 102 valence electrons. The first-order chi connectivity index (χ1) is 8.95. The number of hydrogen-bond donors (Lipinski definition) is 3. The van der Waals surface area contributed by atoms with E-state index >= 15 is 0 Å². The van der Waals surface area contributed by atoms with E-state index in [1.807, 2.05) is 6.92 Å². The van der Waals surface area contributed by atoms with Gasteiger partial charge in [-0.3, -0.25) is 4.79 Å². The normalized spacial score (nSPS) is 9.95. The lowest BCUT2D eigenvalue weighted by Crippen LogP contribution is -2.15. The Hall–Kier alpha value is -2.37. The summed E-state index contributed by atoms with van der Waals surface area (Å²) in [6.07, 6.45) is 1.80. The van der Waals surface area contributed by atoms with Crippen molar-refractivity contribution in [2.24, 2.45) is 0 Å². The van der Waals surface area contributed by atoms with Gasteiger partial charge in [0.1, 0.15) is 0 Å². The van der Waals surface area contributed by atoms with Gasteiger partial charge in [-0.25, -0.2) is 9.59 Å². The molecule has 0 aliphatic heterocycles. The number of carbonyl (C=O) groups excluding carboxylic acids is 1. The first-order valence-corrected chi connectivity index (χ1v) is 5.86. The molecular formula is C13H15NO5. The minimum absolute atomic E-state index is 0.00787. The van der Waals surface area contributed by atoms with Crippen molar-refractivity contribution < 1.29 is 24.6 Å². The first-order valence-electron chi connectivity index (χ1n) is 5.86. The predicted octanol–water partition coefficient (Wildman–Crippen LogP) is 2.21. The highest BCUT2D eigenvalue weighted by Crippen LogP contribution is 2.18. The summed E-state index contributed by atoms with van der Waals surface area (Å²) in [5.41, 5.74) is -0.195. The molecule has 3 N–H and O–H groups in total. The van der Waals surface area contributed by atoms with Crippen LogP contribution >= 0.6 is 0 Å². The molecule has 0 unspecified atom stereocenters. The van der Waals surface area contributed by atoms with Crippen LogP contribution in [0.15, 0.2) is 18.2 Å². The molecule has 0 radical (unpaired) electrons. The van der Waals surface area contributed by atoms with Crippen molar-refractivity contribution in [3.63, 3.8) is 0 Å². The highest BCUT2D eigenvalue weighted by Gasteiger charge is 2.15. The summed E-state index contributed by atoms with van der Waals surface area (Å²) in [5.74, 6) is -2.73. The lowest BCUT2D eigenvalue weighted by molar-refractivity contribution is -0.116. The number of nitrogens with one attached hydrogen (secondary N) is 1. The number of hydrogen-bond acceptors (Lipinski definition) is 3. The molecule has 1 aromatic carbocycles. The minimum atomic E-state index is -1.22. The Bertz CT molecular complexity index is 510. The SMILES string of the molecule is CCCCC(=O)Nc1cc(C(=O)O)ccc1C(=O)O. The van der Waals surface area contributed by atoms with E-state index in [9.17, 15) is 14.4 Å². The summed E-state index contributed by atoms with van der Waals surface area (Å²) in [6.45, 7) is 1.93. The molecule has 0 atom stereocenters. The number of carboxylic acids is 2. The van der Waals surface area contributed by atoms with E-state index in [0.717, 1.165) is 12.5 Å². The Morgan fingerprint density at radius 3 is 2.37 bits per heavy atom. The lowest BCUT2D eigenvalue weighted by Gasteiger charge is -2.09. The van der Waals surface area contributed by atoms with Gasteiger partial charge in [-0.2, -0.15) is 0 Å². The predicted molar refractivity (Wildman–Crippen MR) is 68.5 cm³/mol. The molecule has 0 saturated heterocycles. The molecule has 0 heterocycles. The Morgan fingerprint density at radius 2 is 1.84 bits per heavy atom. The van der Waals surface area contributed by atoms with Crippen molar-refractivity contribution in [2.75, 3.05) is 5.32 Å². The maximum absolute atomic E-state index is 11.6. The largest absolute Gasteiger partial charge is 0.478 e. The van der Waals surface area contributed by atoms with Crippen molar-refractivity contribution in [1.82, 2.24) is 0 Å². The molecule has 1 aromatic rings. The number of anilines is 1. The third-order valence-electron chi connectivity index (χ3n) is 2.53. The average molecular weight is 265 g/mol. The van der Waals surface area contributed by atoms with Crippen LogP contribution in [0.3, 0.4) is 0 Å². The van der Waals surface area contributed by atoms with E-state index < -0.39 is 11.9 Å². The van der Waals surface area contributed by atoms with Gasteiger partial charge < -0.3 is 15.5 Å². The second-order valence-electron chi connectivity index (χ2n) is 4.02. The molecule has 19 heavy (non-hydrogen) atoms. The third-order valence-corrected chi connectivity index (χ3v) is 2.53. The molecule has 1 amide bonds. The minimum Gasteiger partial charge on any atom is -0.478 e. The summed E-state index contributed by atoms with van der Waals surface area (Å²) in [5, 5.41) is 20.3. The van der Waals surface area contributed by atoms with E-state index in [1.165, 1.54) is 12.1 Å².